The summed E-state index contributed by atoms with van der Waals surface area (Å²) in [6.45, 7) is 4.18. The Morgan fingerprint density at radius 1 is 1.30 bits per heavy atom. The summed E-state index contributed by atoms with van der Waals surface area (Å²) in [6, 6.07) is 7.16. The Labute approximate surface area is 133 Å². The molecule has 1 aliphatic rings. The molecular formula is C17H17FN2O3. The average molecular weight is 316 g/mol. The molecule has 0 aliphatic carbocycles. The predicted octanol–water partition coefficient (Wildman–Crippen LogP) is 3.08. The van der Waals surface area contributed by atoms with Gasteiger partial charge in [0.15, 0.2) is 0 Å². The van der Waals surface area contributed by atoms with Crippen LogP contribution < -0.4 is 4.90 Å². The average Bonchev–Trinajstić information content (AvgIpc) is 2.79. The lowest BCUT2D eigenvalue weighted by molar-refractivity contribution is 0.201. The summed E-state index contributed by atoms with van der Waals surface area (Å²) in [5.74, 6) is -0.383. The van der Waals surface area contributed by atoms with Gasteiger partial charge in [0, 0.05) is 23.7 Å². The predicted molar refractivity (Wildman–Crippen MR) is 83.1 cm³/mol. The van der Waals surface area contributed by atoms with Gasteiger partial charge in [-0.1, -0.05) is 26.0 Å². The normalized spacial score (nSPS) is 17.0. The molecule has 1 amide bonds. The van der Waals surface area contributed by atoms with Gasteiger partial charge >= 0.3 is 6.09 Å². The molecule has 0 bridgehead atoms. The van der Waals surface area contributed by atoms with Gasteiger partial charge in [-0.25, -0.2) is 9.18 Å². The number of nitrogens with zero attached hydrogens (tertiary/aromatic N) is 2. The van der Waals surface area contributed by atoms with Crippen molar-refractivity contribution in [3.63, 3.8) is 0 Å². The number of aliphatic hydroxyl groups excluding tert-OH is 1. The first-order valence-corrected chi connectivity index (χ1v) is 7.24. The Hall–Kier alpha value is -2.47. The van der Waals surface area contributed by atoms with Crippen LogP contribution in [0.3, 0.4) is 0 Å². The third kappa shape index (κ3) is 2.66. The van der Waals surface area contributed by atoms with E-state index >= 15 is 0 Å². The molecule has 2 N–H and O–H groups in total. The number of halogens is 1. The molecule has 3 rings (SSSR count). The van der Waals surface area contributed by atoms with Crippen LogP contribution in [0.5, 0.6) is 0 Å². The van der Waals surface area contributed by atoms with E-state index in [1.807, 2.05) is 13.8 Å². The van der Waals surface area contributed by atoms with Crippen LogP contribution in [0.1, 0.15) is 36.8 Å². The highest BCUT2D eigenvalue weighted by molar-refractivity contribution is 5.89. The van der Waals surface area contributed by atoms with E-state index in [1.165, 1.54) is 29.2 Å². The summed E-state index contributed by atoms with van der Waals surface area (Å²) in [5.41, 5.74) is 1.79. The second kappa shape index (κ2) is 5.31. The molecule has 1 atom stereocenters. The van der Waals surface area contributed by atoms with E-state index in [4.69, 9.17) is 0 Å². The number of carboxylic acid groups (broad SMARTS) is 1. The maximum atomic E-state index is 13.0. The minimum atomic E-state index is -1.05. The fourth-order valence-corrected chi connectivity index (χ4v) is 2.91. The number of hydrogen-bond donors (Lipinski definition) is 2. The number of pyridine rings is 1. The summed E-state index contributed by atoms with van der Waals surface area (Å²) in [7, 11) is 0. The lowest BCUT2D eigenvalue weighted by Gasteiger charge is -2.17. The van der Waals surface area contributed by atoms with Crippen LogP contribution in [0.25, 0.3) is 0 Å². The number of anilines is 1. The third-order valence-corrected chi connectivity index (χ3v) is 4.11. The van der Waals surface area contributed by atoms with E-state index in [1.54, 1.807) is 12.3 Å². The largest absolute Gasteiger partial charge is 0.465 e. The van der Waals surface area contributed by atoms with E-state index in [0.717, 1.165) is 0 Å². The highest BCUT2D eigenvalue weighted by Gasteiger charge is 2.39. The number of hydrogen-bond acceptors (Lipinski definition) is 3. The summed E-state index contributed by atoms with van der Waals surface area (Å²) >= 11 is 0. The van der Waals surface area contributed by atoms with Crippen molar-refractivity contribution in [2.24, 2.45) is 0 Å². The zero-order valence-corrected chi connectivity index (χ0v) is 12.8. The molecule has 0 fully saturated rings. The maximum absolute atomic E-state index is 13.0. The van der Waals surface area contributed by atoms with Gasteiger partial charge in [-0.3, -0.25) is 9.88 Å². The van der Waals surface area contributed by atoms with Crippen LogP contribution in [0.4, 0.5) is 14.9 Å². The van der Waals surface area contributed by atoms with Crippen molar-refractivity contribution in [3.8, 4) is 0 Å². The monoisotopic (exact) mass is 316 g/mol. The van der Waals surface area contributed by atoms with Gasteiger partial charge in [-0.2, -0.15) is 0 Å². The molecule has 0 spiro atoms. The molecular weight excluding hydrogens is 299 g/mol. The molecule has 23 heavy (non-hydrogen) atoms. The highest BCUT2D eigenvalue weighted by atomic mass is 19.1. The summed E-state index contributed by atoms with van der Waals surface area (Å²) in [4.78, 5) is 17.0. The highest BCUT2D eigenvalue weighted by Crippen LogP contribution is 2.40. The second-order valence-electron chi connectivity index (χ2n) is 6.34. The molecule has 1 aromatic carbocycles. The number of aromatic nitrogens is 1. The Morgan fingerprint density at radius 3 is 2.57 bits per heavy atom. The van der Waals surface area contributed by atoms with Crippen molar-refractivity contribution in [2.45, 2.75) is 25.4 Å². The van der Waals surface area contributed by atoms with E-state index in [0.29, 0.717) is 29.1 Å². The van der Waals surface area contributed by atoms with Crippen molar-refractivity contribution in [3.05, 3.63) is 59.2 Å². The summed E-state index contributed by atoms with van der Waals surface area (Å²) < 4.78 is 13.0. The molecule has 2 heterocycles. The number of aliphatic hydroxyl groups is 1. The molecule has 2 aromatic rings. The Kier molecular flexibility index (Phi) is 3.56. The van der Waals surface area contributed by atoms with Gasteiger partial charge < -0.3 is 10.2 Å². The smallest absolute Gasteiger partial charge is 0.411 e. The molecule has 120 valence electrons. The fraction of sp³-hybridized carbons (Fsp3) is 0.294. The van der Waals surface area contributed by atoms with E-state index in [9.17, 15) is 19.4 Å². The molecule has 1 aromatic heterocycles. The van der Waals surface area contributed by atoms with Crippen molar-refractivity contribution in [1.82, 2.24) is 4.98 Å². The first kappa shape index (κ1) is 15.4. The quantitative estimate of drug-likeness (QED) is 0.893. The van der Waals surface area contributed by atoms with E-state index in [-0.39, 0.29) is 11.2 Å². The molecule has 0 saturated carbocycles. The molecule has 1 aliphatic heterocycles. The molecule has 6 heteroatoms. The topological polar surface area (TPSA) is 73.7 Å². The van der Waals surface area contributed by atoms with Crippen LogP contribution in [0.2, 0.25) is 0 Å². The lowest BCUT2D eigenvalue weighted by Crippen LogP contribution is -2.32. The van der Waals surface area contributed by atoms with Crippen LogP contribution in [-0.4, -0.2) is 27.8 Å². The Morgan fingerprint density at radius 2 is 1.96 bits per heavy atom. The van der Waals surface area contributed by atoms with Crippen molar-refractivity contribution < 1.29 is 19.4 Å². The second-order valence-corrected chi connectivity index (χ2v) is 6.34. The lowest BCUT2D eigenvalue weighted by atomic mass is 9.91. The number of amides is 1. The maximum Gasteiger partial charge on any atom is 0.411 e. The summed E-state index contributed by atoms with van der Waals surface area (Å²) in [6.07, 6.45) is -0.500. The number of carbonyl (C=O) groups is 1. The number of benzene rings is 1. The molecule has 0 saturated heterocycles. The first-order valence-electron chi connectivity index (χ1n) is 7.24. The van der Waals surface area contributed by atoms with Crippen LogP contribution in [0.15, 0.2) is 36.5 Å². The van der Waals surface area contributed by atoms with Gasteiger partial charge in [0.1, 0.15) is 11.9 Å². The van der Waals surface area contributed by atoms with Crippen molar-refractivity contribution in [1.29, 1.82) is 0 Å². The first-order chi connectivity index (χ1) is 10.8. The van der Waals surface area contributed by atoms with Gasteiger partial charge in [0.2, 0.25) is 0 Å². The van der Waals surface area contributed by atoms with E-state index in [2.05, 4.69) is 4.98 Å². The fourth-order valence-electron chi connectivity index (χ4n) is 2.91. The van der Waals surface area contributed by atoms with Gasteiger partial charge in [0.25, 0.3) is 0 Å². The number of fused-ring (bicyclic) bond motifs is 1. The van der Waals surface area contributed by atoms with E-state index < -0.39 is 12.2 Å². The minimum Gasteiger partial charge on any atom is -0.465 e. The van der Waals surface area contributed by atoms with Crippen molar-refractivity contribution in [2.75, 3.05) is 11.4 Å². The minimum absolute atomic E-state index is 0.320. The zero-order chi connectivity index (χ0) is 16.8. The number of rotatable bonds is 2. The molecule has 1 unspecified atom stereocenters. The standard InChI is InChI=1S/C17H17FN2O3/c1-17(2)9-20(16(22)23)13-7-11(8-19-15(13)17)14(21)10-3-5-12(18)6-4-10/h3-8,14,21H,9H2,1-2H3,(H,22,23). The molecule has 5 nitrogen and oxygen atoms in total. The Bertz CT molecular complexity index is 759. The third-order valence-electron chi connectivity index (χ3n) is 4.11. The SMILES string of the molecule is CC1(C)CN(C(=O)O)c2cc(C(O)c3ccc(F)cc3)cnc21. The zero-order valence-electron chi connectivity index (χ0n) is 12.8. The molecule has 0 radical (unpaired) electrons. The van der Waals surface area contributed by atoms with Crippen LogP contribution in [-0.2, 0) is 5.41 Å². The van der Waals surface area contributed by atoms with Gasteiger partial charge in [-0.05, 0) is 23.8 Å². The Balaban J connectivity index is 2.02. The van der Waals surface area contributed by atoms with Gasteiger partial charge in [-0.15, -0.1) is 0 Å². The van der Waals surface area contributed by atoms with Gasteiger partial charge in [0.05, 0.1) is 11.4 Å². The van der Waals surface area contributed by atoms with Crippen LogP contribution in [0, 0.1) is 5.82 Å². The van der Waals surface area contributed by atoms with Crippen molar-refractivity contribution >= 4 is 11.8 Å². The summed E-state index contributed by atoms with van der Waals surface area (Å²) in [5, 5.41) is 19.8. The van der Waals surface area contributed by atoms with Crippen LogP contribution >= 0.6 is 0 Å².